The van der Waals surface area contributed by atoms with Crippen molar-refractivity contribution in [3.63, 3.8) is 0 Å². The van der Waals surface area contributed by atoms with E-state index >= 15 is 0 Å². The minimum Gasteiger partial charge on any atom is -0.383 e. The first-order chi connectivity index (χ1) is 9.05. The van der Waals surface area contributed by atoms with Gasteiger partial charge in [-0.25, -0.2) is 4.98 Å². The summed E-state index contributed by atoms with van der Waals surface area (Å²) >= 11 is 1.87. The monoisotopic (exact) mass is 282 g/mol. The second kappa shape index (κ2) is 6.33. The van der Waals surface area contributed by atoms with E-state index < -0.39 is 0 Å². The highest BCUT2D eigenvalue weighted by Gasteiger charge is 2.41. The van der Waals surface area contributed by atoms with Crippen LogP contribution in [0.1, 0.15) is 35.3 Å². The van der Waals surface area contributed by atoms with Gasteiger partial charge in [-0.15, -0.1) is 11.3 Å². The second-order valence-electron chi connectivity index (χ2n) is 6.02. The van der Waals surface area contributed by atoms with E-state index in [0.29, 0.717) is 5.41 Å². The van der Waals surface area contributed by atoms with E-state index in [-0.39, 0.29) is 0 Å². The molecule has 1 aliphatic rings. The van der Waals surface area contributed by atoms with Crippen molar-refractivity contribution in [2.24, 2.45) is 11.3 Å². The predicted octanol–water partition coefficient (Wildman–Crippen LogP) is 2.95. The quantitative estimate of drug-likeness (QED) is 0.744. The largest absolute Gasteiger partial charge is 0.383 e. The van der Waals surface area contributed by atoms with Gasteiger partial charge in [0.1, 0.15) is 0 Å². The Morgan fingerprint density at radius 2 is 2.16 bits per heavy atom. The van der Waals surface area contributed by atoms with Crippen LogP contribution in [-0.4, -0.2) is 31.8 Å². The number of aromatic nitrogens is 1. The van der Waals surface area contributed by atoms with Crippen LogP contribution in [0.2, 0.25) is 0 Å². The molecule has 1 aliphatic carbocycles. The molecule has 0 bridgehead atoms. The fourth-order valence-electron chi connectivity index (χ4n) is 2.64. The summed E-state index contributed by atoms with van der Waals surface area (Å²) in [5.41, 5.74) is 1.55. The smallest absolute Gasteiger partial charge is 0.0936 e. The lowest BCUT2D eigenvalue weighted by atomic mass is 9.81. The van der Waals surface area contributed by atoms with E-state index in [1.165, 1.54) is 28.4 Å². The van der Waals surface area contributed by atoms with Crippen LogP contribution in [0, 0.1) is 25.2 Å². The fourth-order valence-corrected chi connectivity index (χ4v) is 3.77. The van der Waals surface area contributed by atoms with Gasteiger partial charge in [-0.3, -0.25) is 0 Å². The maximum absolute atomic E-state index is 5.10. The summed E-state index contributed by atoms with van der Waals surface area (Å²) in [6.45, 7) is 9.49. The van der Waals surface area contributed by atoms with Gasteiger partial charge >= 0.3 is 0 Å². The number of nitrogens with one attached hydrogen (secondary N) is 1. The Bertz CT molecular complexity index is 395. The molecule has 1 unspecified atom stereocenters. The Morgan fingerprint density at radius 1 is 1.42 bits per heavy atom. The fraction of sp³-hybridized carbons (Fsp3) is 0.800. The summed E-state index contributed by atoms with van der Waals surface area (Å²) in [4.78, 5) is 6.08. The first-order valence-electron chi connectivity index (χ1n) is 7.18. The number of rotatable bonds is 8. The van der Waals surface area contributed by atoms with Gasteiger partial charge < -0.3 is 10.1 Å². The highest BCUT2D eigenvalue weighted by molar-refractivity contribution is 7.11. The van der Waals surface area contributed by atoms with Crippen molar-refractivity contribution < 1.29 is 4.74 Å². The summed E-state index contributed by atoms with van der Waals surface area (Å²) in [6.07, 6.45) is 3.87. The van der Waals surface area contributed by atoms with Gasteiger partial charge in [0.05, 0.1) is 17.3 Å². The highest BCUT2D eigenvalue weighted by Crippen LogP contribution is 2.47. The van der Waals surface area contributed by atoms with Crippen LogP contribution >= 0.6 is 11.3 Å². The zero-order valence-corrected chi connectivity index (χ0v) is 13.4. The minimum absolute atomic E-state index is 0.352. The number of nitrogens with zero attached hydrogens (tertiary/aromatic N) is 1. The third-order valence-corrected chi connectivity index (χ3v) is 5.28. The van der Waals surface area contributed by atoms with Crippen LogP contribution in [0.3, 0.4) is 0 Å². The zero-order valence-electron chi connectivity index (χ0n) is 12.6. The van der Waals surface area contributed by atoms with Gasteiger partial charge in [-0.1, -0.05) is 6.92 Å². The molecular formula is C15H26N2OS. The Kier molecular flexibility index (Phi) is 4.98. The maximum atomic E-state index is 5.10. The van der Waals surface area contributed by atoms with Crippen LogP contribution in [-0.2, 0) is 11.2 Å². The van der Waals surface area contributed by atoms with E-state index in [0.717, 1.165) is 32.0 Å². The number of ether oxygens (including phenoxy) is 1. The summed E-state index contributed by atoms with van der Waals surface area (Å²) in [6, 6.07) is 0. The molecule has 1 N–H and O–H groups in total. The van der Waals surface area contributed by atoms with Gasteiger partial charge in [0.2, 0.25) is 0 Å². The van der Waals surface area contributed by atoms with Crippen molar-refractivity contribution in [1.29, 1.82) is 0 Å². The standard InChI is InChI=1S/C15H26N2OS/c1-11-12(2)19-14(17-11)9-15(3,13-5-6-13)10-16-7-8-18-4/h13,16H,5-10H2,1-4H3. The third kappa shape index (κ3) is 4.01. The van der Waals surface area contributed by atoms with Gasteiger partial charge in [0, 0.05) is 31.5 Å². The molecule has 0 aliphatic heterocycles. The van der Waals surface area contributed by atoms with Crippen molar-refractivity contribution in [2.45, 2.75) is 40.0 Å². The normalized spacial score (nSPS) is 18.5. The van der Waals surface area contributed by atoms with Crippen molar-refractivity contribution in [2.75, 3.05) is 26.8 Å². The topological polar surface area (TPSA) is 34.1 Å². The molecule has 1 atom stereocenters. The van der Waals surface area contributed by atoms with E-state index in [9.17, 15) is 0 Å². The average Bonchev–Trinajstić information content (AvgIpc) is 3.15. The van der Waals surface area contributed by atoms with Crippen LogP contribution in [0.25, 0.3) is 0 Å². The average molecular weight is 282 g/mol. The van der Waals surface area contributed by atoms with Crippen molar-refractivity contribution in [3.8, 4) is 0 Å². The number of methoxy groups -OCH3 is 1. The van der Waals surface area contributed by atoms with Gasteiger partial charge in [0.15, 0.2) is 0 Å². The van der Waals surface area contributed by atoms with E-state index in [2.05, 4.69) is 26.1 Å². The zero-order chi connectivity index (χ0) is 13.9. The Balaban J connectivity index is 1.94. The van der Waals surface area contributed by atoms with Gasteiger partial charge in [0.25, 0.3) is 0 Å². The summed E-state index contributed by atoms with van der Waals surface area (Å²) in [5.74, 6) is 0.868. The first-order valence-corrected chi connectivity index (χ1v) is 7.99. The molecule has 1 saturated carbocycles. The number of thiazole rings is 1. The van der Waals surface area contributed by atoms with Gasteiger partial charge in [-0.05, 0) is 38.0 Å². The van der Waals surface area contributed by atoms with E-state index in [4.69, 9.17) is 9.72 Å². The number of hydrogen-bond donors (Lipinski definition) is 1. The third-order valence-electron chi connectivity index (χ3n) is 4.20. The molecule has 0 aromatic carbocycles. The lowest BCUT2D eigenvalue weighted by Crippen LogP contribution is -2.37. The summed E-state index contributed by atoms with van der Waals surface area (Å²) < 4.78 is 5.10. The molecular weight excluding hydrogens is 256 g/mol. The molecule has 0 spiro atoms. The minimum atomic E-state index is 0.352. The first kappa shape index (κ1) is 14.9. The lowest BCUT2D eigenvalue weighted by molar-refractivity contribution is 0.187. The molecule has 1 fully saturated rings. The number of hydrogen-bond acceptors (Lipinski definition) is 4. The van der Waals surface area contributed by atoms with Crippen LogP contribution in [0.15, 0.2) is 0 Å². The summed E-state index contributed by atoms with van der Waals surface area (Å²) in [5, 5.41) is 4.85. The van der Waals surface area contributed by atoms with E-state index in [1.54, 1.807) is 7.11 Å². The molecule has 108 valence electrons. The molecule has 3 nitrogen and oxygen atoms in total. The van der Waals surface area contributed by atoms with Crippen LogP contribution in [0.4, 0.5) is 0 Å². The SMILES string of the molecule is COCCNCC(C)(Cc1nc(C)c(C)s1)C1CC1. The van der Waals surface area contributed by atoms with Crippen molar-refractivity contribution in [1.82, 2.24) is 10.3 Å². The van der Waals surface area contributed by atoms with Crippen LogP contribution < -0.4 is 5.32 Å². The Labute approximate surface area is 120 Å². The predicted molar refractivity (Wildman–Crippen MR) is 80.9 cm³/mol. The molecule has 1 aromatic heterocycles. The molecule has 0 radical (unpaired) electrons. The molecule has 1 heterocycles. The van der Waals surface area contributed by atoms with Crippen molar-refractivity contribution >= 4 is 11.3 Å². The molecule has 4 heteroatoms. The van der Waals surface area contributed by atoms with Crippen molar-refractivity contribution in [3.05, 3.63) is 15.6 Å². The summed E-state index contributed by atoms with van der Waals surface area (Å²) in [7, 11) is 1.75. The number of aryl methyl sites for hydroxylation is 2. The molecule has 1 aromatic rings. The molecule has 2 rings (SSSR count). The van der Waals surface area contributed by atoms with Crippen LogP contribution in [0.5, 0.6) is 0 Å². The molecule has 0 saturated heterocycles. The van der Waals surface area contributed by atoms with Gasteiger partial charge in [-0.2, -0.15) is 0 Å². The molecule has 19 heavy (non-hydrogen) atoms. The highest BCUT2D eigenvalue weighted by atomic mass is 32.1. The second-order valence-corrected chi connectivity index (χ2v) is 7.31. The Morgan fingerprint density at radius 3 is 2.68 bits per heavy atom. The molecule has 0 amide bonds. The van der Waals surface area contributed by atoms with E-state index in [1.807, 2.05) is 11.3 Å². The maximum Gasteiger partial charge on any atom is 0.0936 e. The lowest BCUT2D eigenvalue weighted by Gasteiger charge is -2.29. The Hall–Kier alpha value is -0.450.